The van der Waals surface area contributed by atoms with E-state index in [2.05, 4.69) is 21.6 Å². The molecule has 0 spiro atoms. The van der Waals surface area contributed by atoms with Crippen LogP contribution in [0, 0.1) is 0 Å². The Hall–Kier alpha value is -2.34. The molecule has 0 unspecified atom stereocenters. The Morgan fingerprint density at radius 1 is 1.32 bits per heavy atom. The molecule has 4 rings (SSSR count). The van der Waals surface area contributed by atoms with Crippen LogP contribution >= 0.6 is 11.3 Å². The SMILES string of the molecule is O=C(NCCc1cccs1)c1ccc2c(c1)NC(=O)[C@H]1CCCCN21. The fourth-order valence-corrected chi connectivity index (χ4v) is 4.30. The Morgan fingerprint density at radius 3 is 3.08 bits per heavy atom. The van der Waals surface area contributed by atoms with Crippen molar-refractivity contribution in [1.82, 2.24) is 5.32 Å². The van der Waals surface area contributed by atoms with Crippen molar-refractivity contribution in [2.45, 2.75) is 31.7 Å². The van der Waals surface area contributed by atoms with Crippen LogP contribution in [-0.4, -0.2) is 30.9 Å². The van der Waals surface area contributed by atoms with Crippen molar-refractivity contribution in [3.63, 3.8) is 0 Å². The zero-order chi connectivity index (χ0) is 17.2. The lowest BCUT2D eigenvalue weighted by atomic mass is 9.97. The van der Waals surface area contributed by atoms with E-state index in [9.17, 15) is 9.59 Å². The smallest absolute Gasteiger partial charge is 0.251 e. The van der Waals surface area contributed by atoms with Crippen molar-refractivity contribution in [1.29, 1.82) is 0 Å². The zero-order valence-electron chi connectivity index (χ0n) is 14.0. The number of hydrogen-bond donors (Lipinski definition) is 2. The largest absolute Gasteiger partial charge is 0.358 e. The number of nitrogens with zero attached hydrogens (tertiary/aromatic N) is 1. The summed E-state index contributed by atoms with van der Waals surface area (Å²) in [7, 11) is 0. The number of anilines is 2. The predicted octanol–water partition coefficient (Wildman–Crippen LogP) is 3.03. The minimum atomic E-state index is -0.102. The fourth-order valence-electron chi connectivity index (χ4n) is 3.59. The lowest BCUT2D eigenvalue weighted by Crippen LogP contribution is -2.50. The lowest BCUT2D eigenvalue weighted by Gasteiger charge is -2.41. The van der Waals surface area contributed by atoms with E-state index in [1.165, 1.54) is 4.88 Å². The van der Waals surface area contributed by atoms with Crippen LogP contribution in [0.5, 0.6) is 0 Å². The van der Waals surface area contributed by atoms with Gasteiger partial charge in [-0.05, 0) is 55.3 Å². The molecule has 25 heavy (non-hydrogen) atoms. The van der Waals surface area contributed by atoms with Gasteiger partial charge < -0.3 is 15.5 Å². The second kappa shape index (κ2) is 6.88. The standard InChI is InChI=1S/C19H21N3O2S/c23-18(20-9-8-14-4-3-11-25-14)13-6-7-16-15(12-13)21-19(24)17-5-1-2-10-22(16)17/h3-4,6-7,11-12,17H,1-2,5,8-10H2,(H,20,23)(H,21,24)/t17-/m1/s1. The molecule has 0 aliphatic carbocycles. The third-order valence-corrected chi connectivity index (χ3v) is 5.80. The summed E-state index contributed by atoms with van der Waals surface area (Å²) in [5.41, 5.74) is 2.36. The number of fused-ring (bicyclic) bond motifs is 3. The lowest BCUT2D eigenvalue weighted by molar-refractivity contribution is -0.118. The summed E-state index contributed by atoms with van der Waals surface area (Å²) >= 11 is 1.70. The van der Waals surface area contributed by atoms with Crippen LogP contribution in [0.3, 0.4) is 0 Å². The van der Waals surface area contributed by atoms with Crippen LogP contribution in [0.4, 0.5) is 11.4 Å². The third kappa shape index (κ3) is 3.26. The highest BCUT2D eigenvalue weighted by Gasteiger charge is 2.34. The fraction of sp³-hybridized carbons (Fsp3) is 0.368. The maximum absolute atomic E-state index is 12.4. The highest BCUT2D eigenvalue weighted by molar-refractivity contribution is 7.09. The minimum Gasteiger partial charge on any atom is -0.358 e. The van der Waals surface area contributed by atoms with E-state index in [4.69, 9.17) is 0 Å². The number of benzene rings is 1. The number of piperidine rings is 1. The van der Waals surface area contributed by atoms with E-state index in [0.29, 0.717) is 12.1 Å². The molecule has 3 heterocycles. The number of amides is 2. The molecule has 2 amide bonds. The monoisotopic (exact) mass is 355 g/mol. The van der Waals surface area contributed by atoms with Crippen LogP contribution in [0.1, 0.15) is 34.5 Å². The highest BCUT2D eigenvalue weighted by atomic mass is 32.1. The first-order valence-corrected chi connectivity index (χ1v) is 9.62. The molecule has 0 bridgehead atoms. The minimum absolute atomic E-state index is 0.0439. The molecule has 0 saturated carbocycles. The Balaban J connectivity index is 1.46. The number of carbonyl (C=O) groups is 2. The van der Waals surface area contributed by atoms with Crippen molar-refractivity contribution in [3.8, 4) is 0 Å². The van der Waals surface area contributed by atoms with Gasteiger partial charge in [-0.15, -0.1) is 11.3 Å². The highest BCUT2D eigenvalue weighted by Crippen LogP contribution is 2.36. The van der Waals surface area contributed by atoms with E-state index < -0.39 is 0 Å². The van der Waals surface area contributed by atoms with E-state index in [0.717, 1.165) is 43.6 Å². The van der Waals surface area contributed by atoms with Gasteiger partial charge >= 0.3 is 0 Å². The molecule has 1 fully saturated rings. The van der Waals surface area contributed by atoms with E-state index in [1.54, 1.807) is 17.4 Å². The van der Waals surface area contributed by atoms with Gasteiger partial charge in [-0.25, -0.2) is 0 Å². The summed E-state index contributed by atoms with van der Waals surface area (Å²) in [5.74, 6) is -0.0585. The topological polar surface area (TPSA) is 61.4 Å². The van der Waals surface area contributed by atoms with Crippen molar-refractivity contribution >= 4 is 34.5 Å². The molecular formula is C19H21N3O2S. The van der Waals surface area contributed by atoms with Gasteiger partial charge in [0, 0.05) is 23.5 Å². The first-order valence-electron chi connectivity index (χ1n) is 8.74. The molecule has 2 N–H and O–H groups in total. The molecule has 130 valence electrons. The summed E-state index contributed by atoms with van der Waals surface area (Å²) in [6.45, 7) is 1.51. The Kier molecular flexibility index (Phi) is 4.44. The number of hydrogen-bond acceptors (Lipinski definition) is 4. The van der Waals surface area contributed by atoms with Crippen molar-refractivity contribution in [2.75, 3.05) is 23.3 Å². The number of thiophene rings is 1. The molecule has 1 aromatic carbocycles. The molecule has 2 aliphatic rings. The summed E-state index contributed by atoms with van der Waals surface area (Å²) in [5, 5.41) is 7.97. The third-order valence-electron chi connectivity index (χ3n) is 4.87. The van der Waals surface area contributed by atoms with Gasteiger partial charge in [0.1, 0.15) is 6.04 Å². The maximum atomic E-state index is 12.4. The van der Waals surface area contributed by atoms with Gasteiger partial charge in [0.2, 0.25) is 5.91 Å². The van der Waals surface area contributed by atoms with Crippen LogP contribution < -0.4 is 15.5 Å². The van der Waals surface area contributed by atoms with E-state index >= 15 is 0 Å². The summed E-state index contributed by atoms with van der Waals surface area (Å²) < 4.78 is 0. The number of carbonyl (C=O) groups excluding carboxylic acids is 2. The van der Waals surface area contributed by atoms with Crippen LogP contribution in [0.15, 0.2) is 35.7 Å². The Labute approximate surface area is 151 Å². The molecule has 1 aromatic heterocycles. The second-order valence-corrected chi connectivity index (χ2v) is 7.54. The maximum Gasteiger partial charge on any atom is 0.251 e. The van der Waals surface area contributed by atoms with Crippen molar-refractivity contribution < 1.29 is 9.59 Å². The molecule has 2 aliphatic heterocycles. The van der Waals surface area contributed by atoms with Gasteiger partial charge in [-0.2, -0.15) is 0 Å². The average Bonchev–Trinajstić information content (AvgIpc) is 3.15. The van der Waals surface area contributed by atoms with Gasteiger partial charge in [0.25, 0.3) is 5.91 Å². The van der Waals surface area contributed by atoms with E-state index in [-0.39, 0.29) is 17.9 Å². The molecule has 5 nitrogen and oxygen atoms in total. The number of rotatable bonds is 4. The predicted molar refractivity (Wildman–Crippen MR) is 100 cm³/mol. The second-order valence-electron chi connectivity index (χ2n) is 6.51. The molecule has 6 heteroatoms. The quantitative estimate of drug-likeness (QED) is 0.886. The van der Waals surface area contributed by atoms with Crippen LogP contribution in [0.25, 0.3) is 0 Å². The van der Waals surface area contributed by atoms with Crippen molar-refractivity contribution in [2.24, 2.45) is 0 Å². The van der Waals surface area contributed by atoms with E-state index in [1.807, 2.05) is 23.6 Å². The van der Waals surface area contributed by atoms with Gasteiger partial charge in [-0.1, -0.05) is 6.07 Å². The van der Waals surface area contributed by atoms with Crippen LogP contribution in [-0.2, 0) is 11.2 Å². The van der Waals surface area contributed by atoms with Crippen molar-refractivity contribution in [3.05, 3.63) is 46.2 Å². The molecule has 1 saturated heterocycles. The molecule has 0 radical (unpaired) electrons. The average molecular weight is 355 g/mol. The first kappa shape index (κ1) is 16.1. The molecule has 2 aromatic rings. The Morgan fingerprint density at radius 2 is 2.24 bits per heavy atom. The van der Waals surface area contributed by atoms with Gasteiger partial charge in [-0.3, -0.25) is 9.59 Å². The van der Waals surface area contributed by atoms with Gasteiger partial charge in [0.05, 0.1) is 11.4 Å². The summed E-state index contributed by atoms with van der Waals surface area (Å²) in [4.78, 5) is 28.1. The van der Waals surface area contributed by atoms with Gasteiger partial charge in [0.15, 0.2) is 0 Å². The van der Waals surface area contributed by atoms with Crippen LogP contribution in [0.2, 0.25) is 0 Å². The normalized spacial score (nSPS) is 19.0. The molecule has 1 atom stereocenters. The zero-order valence-corrected chi connectivity index (χ0v) is 14.8. The molecular weight excluding hydrogens is 334 g/mol. The Bertz CT molecular complexity index is 788. The number of nitrogens with one attached hydrogen (secondary N) is 2. The summed E-state index contributed by atoms with van der Waals surface area (Å²) in [6, 6.07) is 9.62. The first-order chi connectivity index (χ1) is 12.2. The summed E-state index contributed by atoms with van der Waals surface area (Å²) in [6.07, 6.45) is 3.93.